The van der Waals surface area contributed by atoms with Gasteiger partial charge >= 0.3 is 11.9 Å². The van der Waals surface area contributed by atoms with Crippen molar-refractivity contribution < 1.29 is 23.2 Å². The van der Waals surface area contributed by atoms with Crippen molar-refractivity contribution in [3.63, 3.8) is 0 Å². The second kappa shape index (κ2) is 3.17. The van der Waals surface area contributed by atoms with Gasteiger partial charge in [-0.3, -0.25) is 15.2 Å². The highest BCUT2D eigenvalue weighted by Crippen LogP contribution is 2.35. The molecule has 0 saturated carbocycles. The zero-order valence-corrected chi connectivity index (χ0v) is 6.54. The molecule has 0 amide bonds. The Kier molecular flexibility index (Phi) is 2.33. The van der Waals surface area contributed by atoms with E-state index in [-0.39, 0.29) is 6.07 Å². The first-order valence-electron chi connectivity index (χ1n) is 3.35. The normalized spacial score (nSPS) is 11.4. The van der Waals surface area contributed by atoms with Gasteiger partial charge < -0.3 is 0 Å². The van der Waals surface area contributed by atoms with Crippen LogP contribution in [0.3, 0.4) is 0 Å². The maximum Gasteiger partial charge on any atom is 0.416 e. The number of benzene rings is 1. The minimum atomic E-state index is -4.68. The van der Waals surface area contributed by atoms with Gasteiger partial charge in [0.05, 0.1) is 10.5 Å². The summed E-state index contributed by atoms with van der Waals surface area (Å²) in [5.41, 5.74) is -2.27. The van der Waals surface area contributed by atoms with Crippen molar-refractivity contribution in [2.75, 3.05) is 0 Å². The van der Waals surface area contributed by atoms with Crippen LogP contribution in [0.1, 0.15) is 5.56 Å². The molecule has 1 aromatic carbocycles. The van der Waals surface area contributed by atoms with Crippen molar-refractivity contribution in [1.29, 1.82) is 0 Å². The topological polar surface area (TPSA) is 63.0 Å². The first-order chi connectivity index (χ1) is 6.32. The molecule has 0 aliphatic heterocycles. The third-order valence-corrected chi connectivity index (χ3v) is 1.48. The standard InChI is InChI=1S/C7H3F3NO3/c8-7(9,10)4-1-2-6(12)5(3-4)11(13)14/h1-3H. The van der Waals surface area contributed by atoms with Gasteiger partial charge in [0, 0.05) is 6.07 Å². The molecule has 0 aliphatic rings. The average molecular weight is 206 g/mol. The van der Waals surface area contributed by atoms with E-state index in [0.717, 1.165) is 0 Å². The molecule has 0 bridgehead atoms. The molecule has 0 spiro atoms. The molecule has 7 heteroatoms. The van der Waals surface area contributed by atoms with Crippen molar-refractivity contribution in [3.05, 3.63) is 33.9 Å². The van der Waals surface area contributed by atoms with Crippen LogP contribution in [0.4, 0.5) is 18.9 Å². The van der Waals surface area contributed by atoms with Crippen LogP contribution in [0.15, 0.2) is 18.2 Å². The van der Waals surface area contributed by atoms with Crippen molar-refractivity contribution in [2.24, 2.45) is 0 Å². The van der Waals surface area contributed by atoms with Gasteiger partial charge in [0.2, 0.25) is 0 Å². The molecule has 14 heavy (non-hydrogen) atoms. The Bertz CT molecular complexity index is 375. The minimum absolute atomic E-state index is 0.225. The van der Waals surface area contributed by atoms with E-state index in [1.54, 1.807) is 0 Å². The Labute approximate surface area is 75.7 Å². The summed E-state index contributed by atoms with van der Waals surface area (Å²) in [6.45, 7) is 0. The van der Waals surface area contributed by atoms with Crippen LogP contribution in [0, 0.1) is 10.1 Å². The van der Waals surface area contributed by atoms with Crippen LogP contribution < -0.4 is 0 Å². The fraction of sp³-hybridized carbons (Fsp3) is 0.143. The molecule has 0 aromatic heterocycles. The van der Waals surface area contributed by atoms with Crippen LogP contribution in [0.25, 0.3) is 0 Å². The Morgan fingerprint density at radius 3 is 2.29 bits per heavy atom. The number of hydrogen-bond acceptors (Lipinski definition) is 2. The first kappa shape index (κ1) is 10.3. The van der Waals surface area contributed by atoms with Crippen molar-refractivity contribution in [3.8, 4) is 5.75 Å². The van der Waals surface area contributed by atoms with Crippen molar-refractivity contribution >= 4 is 5.69 Å². The van der Waals surface area contributed by atoms with E-state index >= 15 is 0 Å². The number of halogens is 3. The Morgan fingerprint density at radius 1 is 1.29 bits per heavy atom. The van der Waals surface area contributed by atoms with Gasteiger partial charge in [0.1, 0.15) is 0 Å². The van der Waals surface area contributed by atoms with E-state index in [1.807, 2.05) is 0 Å². The molecule has 1 rings (SSSR count). The van der Waals surface area contributed by atoms with E-state index in [9.17, 15) is 28.4 Å². The summed E-state index contributed by atoms with van der Waals surface area (Å²) in [6, 6.07) is 1.26. The molecule has 0 saturated heterocycles. The monoisotopic (exact) mass is 206 g/mol. The van der Waals surface area contributed by atoms with E-state index < -0.39 is 28.1 Å². The van der Waals surface area contributed by atoms with Crippen LogP contribution in [-0.2, 0) is 11.3 Å². The summed E-state index contributed by atoms with van der Waals surface area (Å²) < 4.78 is 36.1. The summed E-state index contributed by atoms with van der Waals surface area (Å²) in [7, 11) is 0. The summed E-state index contributed by atoms with van der Waals surface area (Å²) in [6.07, 6.45) is -4.68. The van der Waals surface area contributed by atoms with Gasteiger partial charge in [-0.05, 0) is 12.1 Å². The molecule has 1 aromatic rings. The fourth-order valence-corrected chi connectivity index (χ4v) is 0.836. The lowest BCUT2D eigenvalue weighted by molar-refractivity contribution is -0.386. The summed E-state index contributed by atoms with van der Waals surface area (Å²) in [4.78, 5) is 9.00. The van der Waals surface area contributed by atoms with Crippen LogP contribution in [0.2, 0.25) is 0 Å². The smallest absolute Gasteiger partial charge is 0.282 e. The van der Waals surface area contributed by atoms with Crippen molar-refractivity contribution in [1.82, 2.24) is 0 Å². The summed E-state index contributed by atoms with van der Waals surface area (Å²) in [5, 5.41) is 20.9. The molecule has 0 fully saturated rings. The molecular formula is C7H3F3NO3. The Morgan fingerprint density at radius 2 is 1.86 bits per heavy atom. The van der Waals surface area contributed by atoms with Crippen LogP contribution in [-0.4, -0.2) is 4.92 Å². The quantitative estimate of drug-likeness (QED) is 0.523. The van der Waals surface area contributed by atoms with Crippen molar-refractivity contribution in [2.45, 2.75) is 6.18 Å². The first-order valence-corrected chi connectivity index (χ1v) is 3.35. The van der Waals surface area contributed by atoms with E-state index in [0.29, 0.717) is 12.1 Å². The minimum Gasteiger partial charge on any atom is -0.282 e. The molecule has 0 atom stereocenters. The van der Waals surface area contributed by atoms with Gasteiger partial charge in [0.15, 0.2) is 0 Å². The highest BCUT2D eigenvalue weighted by atomic mass is 19.4. The predicted molar refractivity (Wildman–Crippen MR) is 38.2 cm³/mol. The van der Waals surface area contributed by atoms with Gasteiger partial charge in [-0.2, -0.15) is 13.2 Å². The third-order valence-electron chi connectivity index (χ3n) is 1.48. The fourth-order valence-electron chi connectivity index (χ4n) is 0.836. The lowest BCUT2D eigenvalue weighted by Gasteiger charge is -2.05. The molecule has 1 radical (unpaired) electrons. The Balaban J connectivity index is 3.27. The molecule has 0 N–H and O–H groups in total. The highest BCUT2D eigenvalue weighted by Gasteiger charge is 2.33. The average Bonchev–Trinajstić information content (AvgIpc) is 2.02. The molecule has 4 nitrogen and oxygen atoms in total. The lowest BCUT2D eigenvalue weighted by Crippen LogP contribution is -2.05. The van der Waals surface area contributed by atoms with E-state index in [4.69, 9.17) is 0 Å². The second-order valence-corrected chi connectivity index (χ2v) is 2.44. The molecule has 0 unspecified atom stereocenters. The third kappa shape index (κ3) is 1.93. The summed E-state index contributed by atoms with van der Waals surface area (Å²) >= 11 is 0. The SMILES string of the molecule is [O]c1ccc(C(F)(F)F)cc1[N+](=O)[O-]. The zero-order valence-electron chi connectivity index (χ0n) is 6.54. The van der Waals surface area contributed by atoms with Gasteiger partial charge in [-0.25, -0.2) is 0 Å². The molecule has 0 aliphatic carbocycles. The number of nitrogens with zero attached hydrogens (tertiary/aromatic N) is 1. The van der Waals surface area contributed by atoms with Gasteiger partial charge in [-0.15, -0.1) is 0 Å². The number of hydrogen-bond donors (Lipinski definition) is 0. The van der Waals surface area contributed by atoms with Crippen LogP contribution >= 0.6 is 0 Å². The molecule has 75 valence electrons. The predicted octanol–water partition coefficient (Wildman–Crippen LogP) is 2.76. The van der Waals surface area contributed by atoms with E-state index in [2.05, 4.69) is 0 Å². The maximum absolute atomic E-state index is 12.0. The zero-order chi connectivity index (χ0) is 10.9. The van der Waals surface area contributed by atoms with E-state index in [1.165, 1.54) is 0 Å². The van der Waals surface area contributed by atoms with Crippen LogP contribution in [0.5, 0.6) is 5.75 Å². The second-order valence-electron chi connectivity index (χ2n) is 2.44. The molecular weight excluding hydrogens is 203 g/mol. The number of nitro groups is 1. The number of nitro benzene ring substituents is 1. The largest absolute Gasteiger partial charge is 0.416 e. The van der Waals surface area contributed by atoms with Gasteiger partial charge in [-0.1, -0.05) is 0 Å². The number of alkyl halides is 3. The number of rotatable bonds is 1. The molecule has 0 heterocycles. The van der Waals surface area contributed by atoms with Gasteiger partial charge in [0.25, 0.3) is 5.75 Å². The highest BCUT2D eigenvalue weighted by molar-refractivity contribution is 5.48. The maximum atomic E-state index is 12.0. The Hall–Kier alpha value is -1.79. The summed E-state index contributed by atoms with van der Waals surface area (Å²) in [5.74, 6) is -1.04. The lowest BCUT2D eigenvalue weighted by atomic mass is 10.2.